The molecular weight excluding hydrogens is 476 g/mol. The maximum Gasteiger partial charge on any atom is 0.143 e. The van der Waals surface area contributed by atoms with Crippen molar-refractivity contribution in [1.82, 2.24) is 9.97 Å². The molecule has 8 aromatic rings. The van der Waals surface area contributed by atoms with Crippen molar-refractivity contribution in [2.75, 3.05) is 0 Å². The second kappa shape index (κ2) is 8.24. The summed E-state index contributed by atoms with van der Waals surface area (Å²) in [5, 5.41) is 6.96. The molecule has 0 radical (unpaired) electrons. The lowest BCUT2D eigenvalue weighted by atomic mass is 9.93. The molecule has 0 amide bonds. The van der Waals surface area contributed by atoms with Gasteiger partial charge in [-0.3, -0.25) is 9.97 Å². The minimum Gasteiger partial charge on any atom is -0.455 e. The number of hydrogen-bond donors (Lipinski definition) is 0. The molecule has 0 aliphatic carbocycles. The summed E-state index contributed by atoms with van der Waals surface area (Å²) in [6.45, 7) is 4.28. The molecule has 0 saturated heterocycles. The van der Waals surface area contributed by atoms with Crippen LogP contribution < -0.4 is 0 Å². The zero-order valence-corrected chi connectivity index (χ0v) is 21.7. The van der Waals surface area contributed by atoms with Crippen LogP contribution in [0.5, 0.6) is 0 Å². The van der Waals surface area contributed by atoms with E-state index < -0.39 is 0 Å². The average Bonchev–Trinajstić information content (AvgIpc) is 3.34. The Balaban J connectivity index is 1.34. The van der Waals surface area contributed by atoms with Crippen molar-refractivity contribution in [2.45, 2.75) is 13.8 Å². The Kier molecular flexibility index (Phi) is 4.65. The van der Waals surface area contributed by atoms with Crippen molar-refractivity contribution in [3.05, 3.63) is 121 Å². The Morgan fingerprint density at radius 3 is 2.05 bits per heavy atom. The van der Waals surface area contributed by atoms with Gasteiger partial charge in [-0.1, -0.05) is 66.2 Å². The quantitative estimate of drug-likeness (QED) is 0.222. The lowest BCUT2D eigenvalue weighted by Gasteiger charge is -2.12. The topological polar surface area (TPSA) is 38.9 Å². The maximum absolute atomic E-state index is 6.43. The van der Waals surface area contributed by atoms with E-state index in [1.165, 1.54) is 43.8 Å². The van der Waals surface area contributed by atoms with Crippen LogP contribution in [-0.2, 0) is 0 Å². The van der Waals surface area contributed by atoms with Gasteiger partial charge in [0.25, 0.3) is 0 Å². The van der Waals surface area contributed by atoms with E-state index in [4.69, 9.17) is 9.40 Å². The lowest BCUT2D eigenvalue weighted by molar-refractivity contribution is 0.670. The Labute approximate surface area is 225 Å². The summed E-state index contributed by atoms with van der Waals surface area (Å²) in [4.78, 5) is 9.37. The number of nitrogens with zero attached hydrogens (tertiary/aromatic N) is 2. The highest BCUT2D eigenvalue weighted by Gasteiger charge is 2.15. The molecule has 39 heavy (non-hydrogen) atoms. The first-order valence-electron chi connectivity index (χ1n) is 13.2. The molecule has 2 heterocycles. The lowest BCUT2D eigenvalue weighted by Crippen LogP contribution is -1.89. The fraction of sp³-hybridized carbons (Fsp3) is 0.0556. The second-order valence-electron chi connectivity index (χ2n) is 10.4. The summed E-state index contributed by atoms with van der Waals surface area (Å²) < 4.78 is 6.43. The number of fused-ring (bicyclic) bond motifs is 9. The summed E-state index contributed by atoms with van der Waals surface area (Å²) in [5.74, 6) is 0. The number of aryl methyl sites for hydroxylation is 2. The summed E-state index contributed by atoms with van der Waals surface area (Å²) in [6, 6.07) is 34.8. The molecule has 2 aromatic heterocycles. The summed E-state index contributed by atoms with van der Waals surface area (Å²) in [5.41, 5.74) is 10.8. The highest BCUT2D eigenvalue weighted by atomic mass is 16.3. The fourth-order valence-electron chi connectivity index (χ4n) is 6.03. The van der Waals surface area contributed by atoms with Crippen LogP contribution in [0.2, 0.25) is 0 Å². The zero-order valence-electron chi connectivity index (χ0n) is 21.7. The van der Waals surface area contributed by atoms with E-state index in [9.17, 15) is 0 Å². The summed E-state index contributed by atoms with van der Waals surface area (Å²) in [6.07, 6.45) is 3.54. The molecule has 0 saturated carbocycles. The minimum absolute atomic E-state index is 0.926. The van der Waals surface area contributed by atoms with Gasteiger partial charge in [-0.05, 0) is 83.3 Å². The highest BCUT2D eigenvalue weighted by Crippen LogP contribution is 2.39. The molecule has 0 unspecified atom stereocenters. The molecule has 3 heteroatoms. The first kappa shape index (κ1) is 22.0. The van der Waals surface area contributed by atoms with Gasteiger partial charge in [0.15, 0.2) is 0 Å². The van der Waals surface area contributed by atoms with E-state index in [1.807, 2.05) is 0 Å². The number of furan rings is 1. The largest absolute Gasteiger partial charge is 0.455 e. The summed E-state index contributed by atoms with van der Waals surface area (Å²) >= 11 is 0. The minimum atomic E-state index is 0.926. The zero-order chi connectivity index (χ0) is 26.1. The van der Waals surface area contributed by atoms with Crippen LogP contribution in [0.3, 0.4) is 0 Å². The van der Waals surface area contributed by atoms with Crippen LogP contribution in [0.15, 0.2) is 114 Å². The van der Waals surface area contributed by atoms with E-state index in [-0.39, 0.29) is 0 Å². The van der Waals surface area contributed by atoms with E-state index in [2.05, 4.69) is 116 Å². The molecule has 0 aliphatic rings. The SMILES string of the molecule is Cc1ccc2oc3c(-c4cccc(-c5ccc6c(c5)c5ccccc5c5nccnc65)c4)cc(C)cc3c2c1. The first-order valence-corrected chi connectivity index (χ1v) is 13.2. The van der Waals surface area contributed by atoms with Crippen molar-refractivity contribution in [1.29, 1.82) is 0 Å². The van der Waals surface area contributed by atoms with Gasteiger partial charge < -0.3 is 4.42 Å². The smallest absolute Gasteiger partial charge is 0.143 e. The third-order valence-corrected chi connectivity index (χ3v) is 7.82. The van der Waals surface area contributed by atoms with Crippen molar-refractivity contribution in [3.8, 4) is 22.3 Å². The number of aromatic nitrogens is 2. The van der Waals surface area contributed by atoms with Crippen LogP contribution in [-0.4, -0.2) is 9.97 Å². The highest BCUT2D eigenvalue weighted by molar-refractivity contribution is 6.23. The Morgan fingerprint density at radius 1 is 0.487 bits per heavy atom. The van der Waals surface area contributed by atoms with Gasteiger partial charge in [-0.2, -0.15) is 0 Å². The standard InChI is InChI=1S/C36H24N2O/c1-21-10-13-33-31(16-21)32-18-22(2)17-29(36(32)39-33)25-7-5-6-23(19-25)24-11-12-28-30(20-24)26-8-3-4-9-27(26)34-35(28)38-15-14-37-34/h3-20H,1-2H3. The van der Waals surface area contributed by atoms with E-state index in [0.717, 1.165) is 44.1 Å². The molecule has 0 bridgehead atoms. The molecule has 0 atom stereocenters. The van der Waals surface area contributed by atoms with Gasteiger partial charge in [0, 0.05) is 39.5 Å². The third kappa shape index (κ3) is 3.37. The molecule has 0 fully saturated rings. The molecule has 0 aliphatic heterocycles. The van der Waals surface area contributed by atoms with Crippen LogP contribution in [0.25, 0.3) is 76.8 Å². The van der Waals surface area contributed by atoms with Gasteiger partial charge >= 0.3 is 0 Å². The fourth-order valence-corrected chi connectivity index (χ4v) is 6.03. The van der Waals surface area contributed by atoms with E-state index in [0.29, 0.717) is 0 Å². The van der Waals surface area contributed by atoms with Crippen LogP contribution >= 0.6 is 0 Å². The molecule has 0 N–H and O–H groups in total. The molecule has 184 valence electrons. The molecule has 0 spiro atoms. The Hall–Kier alpha value is -5.02. The summed E-state index contributed by atoms with van der Waals surface area (Å²) in [7, 11) is 0. The number of hydrogen-bond acceptors (Lipinski definition) is 3. The molecule has 6 aromatic carbocycles. The van der Waals surface area contributed by atoms with E-state index in [1.54, 1.807) is 12.4 Å². The van der Waals surface area contributed by atoms with Gasteiger partial charge in [0.1, 0.15) is 11.2 Å². The normalized spacial score (nSPS) is 11.8. The van der Waals surface area contributed by atoms with Crippen molar-refractivity contribution < 1.29 is 4.42 Å². The van der Waals surface area contributed by atoms with Crippen molar-refractivity contribution in [2.24, 2.45) is 0 Å². The van der Waals surface area contributed by atoms with Gasteiger partial charge in [-0.25, -0.2) is 0 Å². The van der Waals surface area contributed by atoms with Crippen LogP contribution in [0.4, 0.5) is 0 Å². The number of benzene rings is 6. The van der Waals surface area contributed by atoms with Crippen molar-refractivity contribution >= 4 is 54.5 Å². The predicted octanol–water partition coefficient (Wildman–Crippen LogP) is 9.79. The van der Waals surface area contributed by atoms with Gasteiger partial charge in [0.05, 0.1) is 11.0 Å². The van der Waals surface area contributed by atoms with Gasteiger partial charge in [-0.15, -0.1) is 0 Å². The molecule has 8 rings (SSSR count). The van der Waals surface area contributed by atoms with Crippen LogP contribution in [0.1, 0.15) is 11.1 Å². The average molecular weight is 501 g/mol. The van der Waals surface area contributed by atoms with Crippen LogP contribution in [0, 0.1) is 13.8 Å². The van der Waals surface area contributed by atoms with Crippen molar-refractivity contribution in [3.63, 3.8) is 0 Å². The number of rotatable bonds is 2. The maximum atomic E-state index is 6.43. The Morgan fingerprint density at radius 2 is 1.21 bits per heavy atom. The predicted molar refractivity (Wildman–Crippen MR) is 162 cm³/mol. The van der Waals surface area contributed by atoms with E-state index >= 15 is 0 Å². The monoisotopic (exact) mass is 500 g/mol. The first-order chi connectivity index (χ1) is 19.1. The molecule has 3 nitrogen and oxygen atoms in total. The second-order valence-corrected chi connectivity index (χ2v) is 10.4. The Bertz CT molecular complexity index is 2220. The van der Waals surface area contributed by atoms with Gasteiger partial charge in [0.2, 0.25) is 0 Å². The third-order valence-electron chi connectivity index (χ3n) is 7.82. The molecular formula is C36H24N2O.